The molecule has 170 valence electrons. The van der Waals surface area contributed by atoms with E-state index >= 15 is 0 Å². The Bertz CT molecular complexity index is 937. The molecule has 1 amide bonds. The van der Waals surface area contributed by atoms with Crippen LogP contribution >= 0.6 is 0 Å². The molecule has 2 aliphatic rings. The monoisotopic (exact) mass is 438 g/mol. The summed E-state index contributed by atoms with van der Waals surface area (Å²) < 4.78 is 5.41. The predicted octanol–water partition coefficient (Wildman–Crippen LogP) is 1.97. The minimum absolute atomic E-state index is 0.0795. The quantitative estimate of drug-likeness (QED) is 0.763. The number of anilines is 2. The van der Waals surface area contributed by atoms with Crippen LogP contribution in [0.15, 0.2) is 42.7 Å². The van der Waals surface area contributed by atoms with Gasteiger partial charge in [-0.3, -0.25) is 9.78 Å². The number of rotatable bonds is 5. The molecule has 0 aliphatic carbocycles. The molecule has 0 bridgehead atoms. The molecule has 0 spiro atoms. The molecule has 8 heteroatoms. The standard InChI is InChI=1S/C23H30N4O2.CO2/c1-18-13-21(16-24-15-18)27-8-7-23(2,17-27)25-22(28)14-19-3-5-20(6-4-19)26-9-11-29-12-10-26;2-1-3/h3-6,13,15-16H,7-12,14,17H2,1-2H3,(H,25,28);. The zero-order valence-electron chi connectivity index (χ0n) is 18.7. The first-order chi connectivity index (χ1) is 15.4. The molecule has 1 aromatic heterocycles. The van der Waals surface area contributed by atoms with Crippen molar-refractivity contribution in [3.05, 3.63) is 53.9 Å². The van der Waals surface area contributed by atoms with Gasteiger partial charge in [-0.05, 0) is 49.6 Å². The largest absolute Gasteiger partial charge is 0.378 e. The lowest BCUT2D eigenvalue weighted by atomic mass is 10.0. The molecular weight excluding hydrogens is 408 g/mol. The molecule has 2 saturated heterocycles. The van der Waals surface area contributed by atoms with Gasteiger partial charge in [-0.15, -0.1) is 0 Å². The van der Waals surface area contributed by atoms with Crippen molar-refractivity contribution in [2.75, 3.05) is 49.2 Å². The van der Waals surface area contributed by atoms with Gasteiger partial charge < -0.3 is 19.9 Å². The number of nitrogens with zero attached hydrogens (tertiary/aromatic N) is 3. The molecular formula is C24H30N4O4. The number of ether oxygens (including phenoxy) is 1. The van der Waals surface area contributed by atoms with E-state index in [0.717, 1.165) is 62.6 Å². The molecule has 3 heterocycles. The van der Waals surface area contributed by atoms with Gasteiger partial charge in [0.15, 0.2) is 0 Å². The second-order valence-corrected chi connectivity index (χ2v) is 8.53. The van der Waals surface area contributed by atoms with Gasteiger partial charge in [0.05, 0.1) is 37.1 Å². The van der Waals surface area contributed by atoms with Crippen molar-refractivity contribution in [1.82, 2.24) is 10.3 Å². The number of hydrogen-bond acceptors (Lipinski definition) is 7. The van der Waals surface area contributed by atoms with Crippen molar-refractivity contribution < 1.29 is 19.1 Å². The van der Waals surface area contributed by atoms with Gasteiger partial charge >= 0.3 is 6.15 Å². The van der Waals surface area contributed by atoms with Crippen LogP contribution in [0, 0.1) is 6.92 Å². The highest BCUT2D eigenvalue weighted by Gasteiger charge is 2.35. The third-order valence-corrected chi connectivity index (χ3v) is 5.82. The molecule has 1 N–H and O–H groups in total. The van der Waals surface area contributed by atoms with Gasteiger partial charge in [-0.1, -0.05) is 12.1 Å². The maximum atomic E-state index is 12.7. The van der Waals surface area contributed by atoms with Crippen molar-refractivity contribution in [1.29, 1.82) is 0 Å². The number of morpholine rings is 1. The highest BCUT2D eigenvalue weighted by atomic mass is 16.5. The van der Waals surface area contributed by atoms with E-state index < -0.39 is 0 Å². The summed E-state index contributed by atoms with van der Waals surface area (Å²) in [5.74, 6) is 0.0795. The molecule has 2 aromatic rings. The molecule has 2 fully saturated rings. The van der Waals surface area contributed by atoms with Crippen molar-refractivity contribution in [3.8, 4) is 0 Å². The van der Waals surface area contributed by atoms with E-state index in [9.17, 15) is 4.79 Å². The van der Waals surface area contributed by atoms with Crippen LogP contribution in [0.4, 0.5) is 11.4 Å². The van der Waals surface area contributed by atoms with Crippen LogP contribution in [-0.4, -0.2) is 62.0 Å². The summed E-state index contributed by atoms with van der Waals surface area (Å²) in [6.07, 6.45) is 5.36. The summed E-state index contributed by atoms with van der Waals surface area (Å²) in [7, 11) is 0. The zero-order chi connectivity index (χ0) is 23.0. The highest BCUT2D eigenvalue weighted by Crippen LogP contribution is 2.27. The van der Waals surface area contributed by atoms with Gasteiger partial charge in [0.2, 0.25) is 5.91 Å². The number of carbonyl (C=O) groups is 1. The summed E-state index contributed by atoms with van der Waals surface area (Å²) in [5.41, 5.74) is 4.31. The van der Waals surface area contributed by atoms with Crippen LogP contribution in [-0.2, 0) is 25.5 Å². The average Bonchev–Trinajstić information content (AvgIpc) is 3.17. The predicted molar refractivity (Wildman–Crippen MR) is 121 cm³/mol. The number of nitrogens with one attached hydrogen (secondary N) is 1. The van der Waals surface area contributed by atoms with Crippen LogP contribution in [0.25, 0.3) is 0 Å². The van der Waals surface area contributed by atoms with Crippen molar-refractivity contribution in [2.45, 2.75) is 32.2 Å². The summed E-state index contributed by atoms with van der Waals surface area (Å²) in [6, 6.07) is 10.5. The van der Waals surface area contributed by atoms with E-state index in [2.05, 4.69) is 64.3 Å². The van der Waals surface area contributed by atoms with Gasteiger partial charge in [-0.2, -0.15) is 9.59 Å². The third kappa shape index (κ3) is 6.39. The minimum atomic E-state index is -0.214. The Morgan fingerprint density at radius 2 is 1.78 bits per heavy atom. The number of hydrogen-bond donors (Lipinski definition) is 1. The Balaban J connectivity index is 0.000000913. The topological polar surface area (TPSA) is 91.8 Å². The Hall–Kier alpha value is -3.22. The van der Waals surface area contributed by atoms with Crippen LogP contribution in [0.5, 0.6) is 0 Å². The normalized spacial score (nSPS) is 20.2. The van der Waals surface area contributed by atoms with E-state index in [1.165, 1.54) is 5.69 Å². The fourth-order valence-corrected chi connectivity index (χ4v) is 4.21. The first-order valence-corrected chi connectivity index (χ1v) is 10.8. The summed E-state index contributed by atoms with van der Waals surface area (Å²) in [5, 5.41) is 3.27. The Labute approximate surface area is 188 Å². The molecule has 1 unspecified atom stereocenters. The van der Waals surface area contributed by atoms with Crippen molar-refractivity contribution >= 4 is 23.4 Å². The van der Waals surface area contributed by atoms with E-state index in [-0.39, 0.29) is 17.6 Å². The van der Waals surface area contributed by atoms with Gasteiger partial charge in [0.25, 0.3) is 0 Å². The Kier molecular flexibility index (Phi) is 7.98. The highest BCUT2D eigenvalue weighted by molar-refractivity contribution is 5.79. The summed E-state index contributed by atoms with van der Waals surface area (Å²) in [4.78, 5) is 37.9. The van der Waals surface area contributed by atoms with Crippen molar-refractivity contribution in [3.63, 3.8) is 0 Å². The van der Waals surface area contributed by atoms with Crippen LogP contribution < -0.4 is 15.1 Å². The lowest BCUT2D eigenvalue weighted by Crippen LogP contribution is -2.48. The molecule has 0 radical (unpaired) electrons. The Morgan fingerprint density at radius 3 is 2.44 bits per heavy atom. The molecule has 0 saturated carbocycles. The molecule has 1 atom stereocenters. The maximum Gasteiger partial charge on any atom is 0.373 e. The maximum absolute atomic E-state index is 12.7. The lowest BCUT2D eigenvalue weighted by molar-refractivity contribution is -0.191. The lowest BCUT2D eigenvalue weighted by Gasteiger charge is -2.29. The average molecular weight is 439 g/mol. The number of amides is 1. The van der Waals surface area contributed by atoms with E-state index in [1.54, 1.807) is 0 Å². The first-order valence-electron chi connectivity index (χ1n) is 10.8. The van der Waals surface area contributed by atoms with E-state index in [0.29, 0.717) is 6.42 Å². The fraction of sp³-hybridized carbons (Fsp3) is 0.458. The number of pyridine rings is 1. The first kappa shape index (κ1) is 23.4. The fourth-order valence-electron chi connectivity index (χ4n) is 4.21. The van der Waals surface area contributed by atoms with Crippen LogP contribution in [0.1, 0.15) is 24.5 Å². The summed E-state index contributed by atoms with van der Waals surface area (Å²) >= 11 is 0. The van der Waals surface area contributed by atoms with Crippen molar-refractivity contribution in [2.24, 2.45) is 0 Å². The minimum Gasteiger partial charge on any atom is -0.378 e. The van der Waals surface area contributed by atoms with Crippen LogP contribution in [0.2, 0.25) is 0 Å². The Morgan fingerprint density at radius 1 is 1.09 bits per heavy atom. The van der Waals surface area contributed by atoms with E-state index in [4.69, 9.17) is 14.3 Å². The van der Waals surface area contributed by atoms with Gasteiger partial charge in [0, 0.05) is 38.1 Å². The molecule has 4 rings (SSSR count). The number of aryl methyl sites for hydroxylation is 1. The van der Waals surface area contributed by atoms with Gasteiger partial charge in [0.1, 0.15) is 0 Å². The number of benzene rings is 1. The van der Waals surface area contributed by atoms with E-state index in [1.807, 2.05) is 12.4 Å². The SMILES string of the molecule is Cc1cncc(N2CCC(C)(NC(=O)Cc3ccc(N4CCOCC4)cc3)C2)c1.O=C=O. The molecule has 32 heavy (non-hydrogen) atoms. The molecule has 8 nitrogen and oxygen atoms in total. The van der Waals surface area contributed by atoms with Gasteiger partial charge in [-0.25, -0.2) is 0 Å². The summed E-state index contributed by atoms with van der Waals surface area (Å²) in [6.45, 7) is 9.32. The second kappa shape index (κ2) is 10.9. The smallest absolute Gasteiger partial charge is 0.373 e. The van der Waals surface area contributed by atoms with Crippen LogP contribution in [0.3, 0.4) is 0 Å². The molecule has 1 aromatic carbocycles. The third-order valence-electron chi connectivity index (χ3n) is 5.82. The zero-order valence-corrected chi connectivity index (χ0v) is 18.7. The number of carbonyl (C=O) groups excluding carboxylic acids is 3. The second-order valence-electron chi connectivity index (χ2n) is 8.53. The number of aromatic nitrogens is 1. The molecule has 2 aliphatic heterocycles.